The Morgan fingerprint density at radius 3 is 2.50 bits per heavy atom. The molecule has 0 bridgehead atoms. The summed E-state index contributed by atoms with van der Waals surface area (Å²) < 4.78 is 27.4. The van der Waals surface area contributed by atoms with Gasteiger partial charge in [-0.3, -0.25) is 14.5 Å². The zero-order valence-corrected chi connectivity index (χ0v) is 18.3. The molecule has 0 spiro atoms. The molecule has 156 valence electrons. The van der Waals surface area contributed by atoms with Crippen molar-refractivity contribution in [1.82, 2.24) is 19.4 Å². The number of rotatable bonds is 5. The van der Waals surface area contributed by atoms with Crippen molar-refractivity contribution in [1.29, 1.82) is 0 Å². The monoisotopic (exact) mass is 448 g/mol. The van der Waals surface area contributed by atoms with Gasteiger partial charge in [0.25, 0.3) is 10.0 Å². The number of halogens is 1. The van der Waals surface area contributed by atoms with Crippen LogP contribution in [0.15, 0.2) is 16.3 Å². The van der Waals surface area contributed by atoms with E-state index in [2.05, 4.69) is 5.32 Å². The highest BCUT2D eigenvalue weighted by Gasteiger charge is 2.35. The summed E-state index contributed by atoms with van der Waals surface area (Å²) in [5.41, 5.74) is 0. The molecule has 1 atom stereocenters. The van der Waals surface area contributed by atoms with E-state index in [1.165, 1.54) is 10.4 Å². The summed E-state index contributed by atoms with van der Waals surface area (Å²) in [6, 6.07) is 2.76. The lowest BCUT2D eigenvalue weighted by atomic mass is 9.99. The van der Waals surface area contributed by atoms with Gasteiger partial charge in [-0.05, 0) is 18.1 Å². The smallest absolute Gasteiger partial charge is 0.252 e. The molecule has 2 fully saturated rings. The van der Waals surface area contributed by atoms with Gasteiger partial charge in [-0.15, -0.1) is 11.3 Å². The molecule has 1 aromatic heterocycles. The summed E-state index contributed by atoms with van der Waals surface area (Å²) >= 11 is 6.89. The van der Waals surface area contributed by atoms with Gasteiger partial charge in [0.1, 0.15) is 4.21 Å². The Morgan fingerprint density at radius 1 is 1.25 bits per heavy atom. The Balaban J connectivity index is 1.58. The van der Waals surface area contributed by atoms with E-state index in [0.717, 1.165) is 11.3 Å². The van der Waals surface area contributed by atoms with Gasteiger partial charge in [-0.1, -0.05) is 25.4 Å². The van der Waals surface area contributed by atoms with Crippen LogP contribution in [0.5, 0.6) is 0 Å². The first-order valence-electron chi connectivity index (χ1n) is 9.25. The predicted molar refractivity (Wildman–Crippen MR) is 108 cm³/mol. The van der Waals surface area contributed by atoms with E-state index in [1.807, 2.05) is 18.7 Å². The lowest BCUT2D eigenvalue weighted by molar-refractivity contribution is -0.138. The van der Waals surface area contributed by atoms with Crippen LogP contribution < -0.4 is 5.32 Å². The number of amides is 2. The van der Waals surface area contributed by atoms with Crippen LogP contribution in [0.3, 0.4) is 0 Å². The van der Waals surface area contributed by atoms with Gasteiger partial charge >= 0.3 is 0 Å². The van der Waals surface area contributed by atoms with E-state index in [-0.39, 0.29) is 47.6 Å². The molecule has 0 aliphatic carbocycles. The standard InChI is InChI=1S/C17H25ClN4O4S2/c1-12(2)16-17(24)19-5-6-21(16)11-14(23)20-7-9-22(10-8-20)28(25,26)15-4-3-13(18)27-15/h3-4,12,16H,5-11H2,1-2H3,(H,19,24). The maximum Gasteiger partial charge on any atom is 0.252 e. The van der Waals surface area contributed by atoms with E-state index >= 15 is 0 Å². The molecule has 2 saturated heterocycles. The second-order valence-electron chi connectivity index (χ2n) is 7.29. The van der Waals surface area contributed by atoms with Crippen molar-refractivity contribution in [2.75, 3.05) is 45.8 Å². The van der Waals surface area contributed by atoms with Crippen LogP contribution in [0.25, 0.3) is 0 Å². The number of piperazine rings is 2. The van der Waals surface area contributed by atoms with Gasteiger partial charge in [0.15, 0.2) is 0 Å². The minimum Gasteiger partial charge on any atom is -0.353 e. The molecule has 2 aliphatic heterocycles. The lowest BCUT2D eigenvalue weighted by Gasteiger charge is -2.39. The fourth-order valence-electron chi connectivity index (χ4n) is 3.65. The summed E-state index contributed by atoms with van der Waals surface area (Å²) in [4.78, 5) is 28.5. The summed E-state index contributed by atoms with van der Waals surface area (Å²) in [5, 5.41) is 2.85. The van der Waals surface area contributed by atoms with Crippen molar-refractivity contribution >= 4 is 44.8 Å². The zero-order valence-electron chi connectivity index (χ0n) is 15.9. The first kappa shape index (κ1) is 21.5. The van der Waals surface area contributed by atoms with E-state index in [9.17, 15) is 18.0 Å². The summed E-state index contributed by atoms with van der Waals surface area (Å²) in [6.07, 6.45) is 0. The van der Waals surface area contributed by atoms with Crippen molar-refractivity contribution in [3.05, 3.63) is 16.5 Å². The molecule has 0 aromatic carbocycles. The first-order valence-corrected chi connectivity index (χ1v) is 11.9. The number of carbonyl (C=O) groups is 2. The molecule has 3 heterocycles. The van der Waals surface area contributed by atoms with Crippen molar-refractivity contribution in [2.24, 2.45) is 5.92 Å². The van der Waals surface area contributed by atoms with E-state index < -0.39 is 10.0 Å². The topological polar surface area (TPSA) is 90.0 Å². The van der Waals surface area contributed by atoms with Crippen molar-refractivity contribution in [3.8, 4) is 0 Å². The van der Waals surface area contributed by atoms with Gasteiger partial charge in [0, 0.05) is 39.3 Å². The Bertz CT molecular complexity index is 834. The van der Waals surface area contributed by atoms with Crippen LogP contribution >= 0.6 is 22.9 Å². The number of nitrogens with one attached hydrogen (secondary N) is 1. The molecule has 8 nitrogen and oxygen atoms in total. The number of nitrogens with zero attached hydrogens (tertiary/aromatic N) is 3. The van der Waals surface area contributed by atoms with E-state index in [4.69, 9.17) is 11.6 Å². The first-order chi connectivity index (χ1) is 13.2. The Kier molecular flexibility index (Phi) is 6.65. The molecule has 2 aliphatic rings. The van der Waals surface area contributed by atoms with Gasteiger partial charge in [0.05, 0.1) is 16.9 Å². The second kappa shape index (κ2) is 8.66. The molecule has 3 rings (SSSR count). The highest BCUT2D eigenvalue weighted by molar-refractivity contribution is 7.91. The second-order valence-corrected chi connectivity index (χ2v) is 11.2. The summed E-state index contributed by atoms with van der Waals surface area (Å²) in [7, 11) is -3.58. The minimum absolute atomic E-state index is 0.0421. The SMILES string of the molecule is CC(C)C1C(=O)NCCN1CC(=O)N1CCN(S(=O)(=O)c2ccc(Cl)s2)CC1. The third-order valence-corrected chi connectivity index (χ3v) is 8.66. The Morgan fingerprint density at radius 2 is 1.93 bits per heavy atom. The third-order valence-electron chi connectivity index (χ3n) is 5.06. The zero-order chi connectivity index (χ0) is 20.5. The Labute approximate surface area is 174 Å². The number of thiophene rings is 1. The average molecular weight is 449 g/mol. The molecular weight excluding hydrogens is 424 g/mol. The van der Waals surface area contributed by atoms with Crippen LogP contribution in [-0.2, 0) is 19.6 Å². The van der Waals surface area contributed by atoms with Gasteiger partial charge in [0.2, 0.25) is 11.8 Å². The fourth-order valence-corrected chi connectivity index (χ4v) is 6.71. The number of hydrogen-bond acceptors (Lipinski definition) is 6. The van der Waals surface area contributed by atoms with Crippen LogP contribution in [-0.4, -0.2) is 86.2 Å². The molecule has 2 amide bonds. The number of sulfonamides is 1. The Hall–Kier alpha value is -1.20. The molecule has 0 saturated carbocycles. The molecule has 28 heavy (non-hydrogen) atoms. The number of carbonyl (C=O) groups excluding carboxylic acids is 2. The number of hydrogen-bond donors (Lipinski definition) is 1. The van der Waals surface area contributed by atoms with Crippen molar-refractivity contribution < 1.29 is 18.0 Å². The molecule has 1 unspecified atom stereocenters. The van der Waals surface area contributed by atoms with E-state index in [0.29, 0.717) is 30.5 Å². The quantitative estimate of drug-likeness (QED) is 0.715. The predicted octanol–water partition coefficient (Wildman–Crippen LogP) is 0.691. The highest BCUT2D eigenvalue weighted by Crippen LogP contribution is 2.28. The minimum atomic E-state index is -3.58. The molecule has 1 N–H and O–H groups in total. The molecular formula is C17H25ClN4O4S2. The third kappa shape index (κ3) is 4.51. The molecule has 1 aromatic rings. The van der Waals surface area contributed by atoms with Crippen LogP contribution in [0, 0.1) is 5.92 Å². The van der Waals surface area contributed by atoms with Gasteiger partial charge in [-0.25, -0.2) is 8.42 Å². The summed E-state index contributed by atoms with van der Waals surface area (Å²) in [5.74, 6) is -0.0103. The van der Waals surface area contributed by atoms with E-state index in [1.54, 1.807) is 11.0 Å². The largest absolute Gasteiger partial charge is 0.353 e. The van der Waals surface area contributed by atoms with Gasteiger partial charge in [-0.2, -0.15) is 4.31 Å². The normalized spacial score (nSPS) is 22.5. The van der Waals surface area contributed by atoms with Gasteiger partial charge < -0.3 is 10.2 Å². The maximum atomic E-state index is 12.7. The fraction of sp³-hybridized carbons (Fsp3) is 0.647. The average Bonchev–Trinajstić information content (AvgIpc) is 3.09. The van der Waals surface area contributed by atoms with Crippen molar-refractivity contribution in [3.63, 3.8) is 0 Å². The maximum absolute atomic E-state index is 12.7. The summed E-state index contributed by atoms with van der Waals surface area (Å²) in [6.45, 7) is 6.44. The lowest BCUT2D eigenvalue weighted by Crippen LogP contribution is -2.60. The van der Waals surface area contributed by atoms with Crippen LogP contribution in [0.4, 0.5) is 0 Å². The van der Waals surface area contributed by atoms with Crippen molar-refractivity contribution in [2.45, 2.75) is 24.1 Å². The molecule has 0 radical (unpaired) electrons. The molecule has 11 heteroatoms. The van der Waals surface area contributed by atoms with Crippen LogP contribution in [0.1, 0.15) is 13.8 Å². The highest BCUT2D eigenvalue weighted by atomic mass is 35.5. The van der Waals surface area contributed by atoms with Crippen LogP contribution in [0.2, 0.25) is 4.34 Å².